The lowest BCUT2D eigenvalue weighted by Crippen LogP contribution is -2.30. The lowest BCUT2D eigenvalue weighted by atomic mass is 10.1. The van der Waals surface area contributed by atoms with E-state index in [0.29, 0.717) is 11.4 Å². The number of nitrogens with zero attached hydrogens (tertiary/aromatic N) is 2. The number of aliphatic hydroxyl groups excluding tert-OH is 2. The van der Waals surface area contributed by atoms with Crippen LogP contribution in [0.5, 0.6) is 0 Å². The highest BCUT2D eigenvalue weighted by molar-refractivity contribution is 5.95. The lowest BCUT2D eigenvalue weighted by Gasteiger charge is -2.17. The number of amides is 1. The Balaban J connectivity index is 2.27. The molecule has 0 bridgehead atoms. The second kappa shape index (κ2) is 5.76. The Bertz CT molecular complexity index is 494. The molecule has 0 spiro atoms. The Kier molecular flexibility index (Phi) is 4.25. The largest absolute Gasteiger partial charge is 0.388 e. The van der Waals surface area contributed by atoms with E-state index in [4.69, 9.17) is 0 Å². The van der Waals surface area contributed by atoms with Crippen molar-refractivity contribution in [2.45, 2.75) is 32.0 Å². The molecule has 1 saturated heterocycles. The van der Waals surface area contributed by atoms with E-state index in [2.05, 4.69) is 10.3 Å². The highest BCUT2D eigenvalue weighted by Gasteiger charge is 2.33. The van der Waals surface area contributed by atoms with E-state index in [0.717, 1.165) is 5.69 Å². The van der Waals surface area contributed by atoms with Crippen LogP contribution in [-0.4, -0.2) is 58.3 Å². The molecule has 6 nitrogen and oxygen atoms in total. The SMILES string of the molecule is CNc1cc(C(=O)N2CC(O)C(O)C2)cc(C(C)C)n1. The molecule has 2 heterocycles. The van der Waals surface area contributed by atoms with Gasteiger partial charge in [0.1, 0.15) is 5.82 Å². The minimum atomic E-state index is -0.867. The number of rotatable bonds is 3. The molecule has 110 valence electrons. The molecule has 3 N–H and O–H groups in total. The summed E-state index contributed by atoms with van der Waals surface area (Å²) >= 11 is 0. The van der Waals surface area contributed by atoms with Gasteiger partial charge in [-0.15, -0.1) is 0 Å². The van der Waals surface area contributed by atoms with Crippen LogP contribution in [0.1, 0.15) is 35.8 Å². The van der Waals surface area contributed by atoms with E-state index >= 15 is 0 Å². The summed E-state index contributed by atoms with van der Waals surface area (Å²) in [6.07, 6.45) is -1.73. The summed E-state index contributed by atoms with van der Waals surface area (Å²) in [5.41, 5.74) is 1.36. The van der Waals surface area contributed by atoms with Crippen molar-refractivity contribution in [2.75, 3.05) is 25.5 Å². The standard InChI is InChI=1S/C14H21N3O3/c1-8(2)10-4-9(5-13(15-3)16-10)14(20)17-6-11(18)12(19)7-17/h4-5,8,11-12,18-19H,6-7H2,1-3H3,(H,15,16). The number of nitrogens with one attached hydrogen (secondary N) is 1. The zero-order valence-electron chi connectivity index (χ0n) is 12.0. The van der Waals surface area contributed by atoms with Crippen LogP contribution in [-0.2, 0) is 0 Å². The monoisotopic (exact) mass is 279 g/mol. The third-order valence-electron chi connectivity index (χ3n) is 3.49. The third kappa shape index (κ3) is 2.91. The van der Waals surface area contributed by atoms with Crippen LogP contribution >= 0.6 is 0 Å². The first kappa shape index (κ1) is 14.7. The highest BCUT2D eigenvalue weighted by Crippen LogP contribution is 2.20. The number of β-amino-alcohol motifs (C(OH)–C–C–N with tert-alkyl or cyclic N) is 2. The van der Waals surface area contributed by atoms with Gasteiger partial charge in [-0.3, -0.25) is 4.79 Å². The average molecular weight is 279 g/mol. The first-order valence-electron chi connectivity index (χ1n) is 6.77. The molecule has 0 aliphatic carbocycles. The number of carbonyl (C=O) groups is 1. The minimum absolute atomic E-state index is 0.161. The van der Waals surface area contributed by atoms with Crippen molar-refractivity contribution >= 4 is 11.7 Å². The van der Waals surface area contributed by atoms with Gasteiger partial charge in [-0.25, -0.2) is 4.98 Å². The van der Waals surface area contributed by atoms with Crippen molar-refractivity contribution in [3.05, 3.63) is 23.4 Å². The van der Waals surface area contributed by atoms with E-state index in [9.17, 15) is 15.0 Å². The van der Waals surface area contributed by atoms with Gasteiger partial charge in [0.05, 0.1) is 12.2 Å². The van der Waals surface area contributed by atoms with Crippen LogP contribution in [0.2, 0.25) is 0 Å². The molecule has 0 radical (unpaired) electrons. The van der Waals surface area contributed by atoms with Gasteiger partial charge in [0.2, 0.25) is 0 Å². The predicted octanol–water partition coefficient (Wildman–Crippen LogP) is 0.424. The van der Waals surface area contributed by atoms with Gasteiger partial charge in [-0.1, -0.05) is 13.8 Å². The highest BCUT2D eigenvalue weighted by atomic mass is 16.3. The van der Waals surface area contributed by atoms with Crippen LogP contribution in [0, 0.1) is 0 Å². The Hall–Kier alpha value is -1.66. The summed E-state index contributed by atoms with van der Waals surface area (Å²) in [6.45, 7) is 4.35. The molecule has 1 aliphatic heterocycles. The van der Waals surface area contributed by atoms with Gasteiger partial charge in [0.25, 0.3) is 5.91 Å². The molecular weight excluding hydrogens is 258 g/mol. The van der Waals surface area contributed by atoms with Crippen molar-refractivity contribution in [1.29, 1.82) is 0 Å². The van der Waals surface area contributed by atoms with Crippen molar-refractivity contribution in [1.82, 2.24) is 9.88 Å². The maximum atomic E-state index is 12.4. The van der Waals surface area contributed by atoms with Crippen LogP contribution in [0.3, 0.4) is 0 Å². The summed E-state index contributed by atoms with van der Waals surface area (Å²) in [5.74, 6) is 0.658. The normalized spacial score (nSPS) is 22.4. The maximum Gasteiger partial charge on any atom is 0.254 e. The number of hydrogen-bond acceptors (Lipinski definition) is 5. The van der Waals surface area contributed by atoms with Crippen molar-refractivity contribution in [3.63, 3.8) is 0 Å². The molecule has 20 heavy (non-hydrogen) atoms. The second-order valence-electron chi connectivity index (χ2n) is 5.42. The minimum Gasteiger partial charge on any atom is -0.388 e. The summed E-state index contributed by atoms with van der Waals surface area (Å²) < 4.78 is 0. The number of pyridine rings is 1. The van der Waals surface area contributed by atoms with Crippen molar-refractivity contribution in [3.8, 4) is 0 Å². The Labute approximate surface area is 118 Å². The molecule has 1 aromatic heterocycles. The lowest BCUT2D eigenvalue weighted by molar-refractivity contribution is 0.0572. The fourth-order valence-corrected chi connectivity index (χ4v) is 2.22. The van der Waals surface area contributed by atoms with Gasteiger partial charge in [-0.2, -0.15) is 0 Å². The van der Waals surface area contributed by atoms with Crippen LogP contribution in [0.25, 0.3) is 0 Å². The van der Waals surface area contributed by atoms with E-state index < -0.39 is 12.2 Å². The summed E-state index contributed by atoms with van der Waals surface area (Å²) in [4.78, 5) is 18.3. The number of anilines is 1. The van der Waals surface area contributed by atoms with Gasteiger partial charge in [0, 0.05) is 31.4 Å². The fraction of sp³-hybridized carbons (Fsp3) is 0.571. The van der Waals surface area contributed by atoms with Crippen LogP contribution < -0.4 is 5.32 Å². The molecule has 0 saturated carbocycles. The third-order valence-corrected chi connectivity index (χ3v) is 3.49. The van der Waals surface area contributed by atoms with E-state index in [1.54, 1.807) is 19.2 Å². The first-order valence-corrected chi connectivity index (χ1v) is 6.77. The van der Waals surface area contributed by atoms with Crippen LogP contribution in [0.15, 0.2) is 12.1 Å². The topological polar surface area (TPSA) is 85.7 Å². The average Bonchev–Trinajstić information content (AvgIpc) is 2.77. The molecule has 1 aliphatic rings. The molecule has 2 rings (SSSR count). The molecular formula is C14H21N3O3. The smallest absolute Gasteiger partial charge is 0.254 e. The number of likely N-dealkylation sites (tertiary alicyclic amines) is 1. The van der Waals surface area contributed by atoms with Gasteiger partial charge >= 0.3 is 0 Å². The predicted molar refractivity (Wildman–Crippen MR) is 75.8 cm³/mol. The Morgan fingerprint density at radius 2 is 1.95 bits per heavy atom. The van der Waals surface area contributed by atoms with Crippen LogP contribution in [0.4, 0.5) is 5.82 Å². The van der Waals surface area contributed by atoms with Crippen molar-refractivity contribution < 1.29 is 15.0 Å². The summed E-state index contributed by atoms with van der Waals surface area (Å²) in [7, 11) is 1.75. The maximum absolute atomic E-state index is 12.4. The number of aliphatic hydroxyl groups is 2. The van der Waals surface area contributed by atoms with Gasteiger partial charge in [0.15, 0.2) is 0 Å². The Morgan fingerprint density at radius 1 is 1.35 bits per heavy atom. The molecule has 0 aromatic carbocycles. The zero-order valence-corrected chi connectivity index (χ0v) is 12.0. The zero-order chi connectivity index (χ0) is 14.9. The molecule has 2 unspecified atom stereocenters. The molecule has 1 amide bonds. The summed E-state index contributed by atoms with van der Waals surface area (Å²) in [5, 5.41) is 22.0. The fourth-order valence-electron chi connectivity index (χ4n) is 2.22. The second-order valence-corrected chi connectivity index (χ2v) is 5.42. The number of aromatic nitrogens is 1. The van der Waals surface area contributed by atoms with Gasteiger partial charge in [-0.05, 0) is 18.1 Å². The number of hydrogen-bond donors (Lipinski definition) is 3. The van der Waals surface area contributed by atoms with E-state index in [-0.39, 0.29) is 24.9 Å². The molecule has 2 atom stereocenters. The molecule has 1 fully saturated rings. The Morgan fingerprint density at radius 3 is 2.45 bits per heavy atom. The van der Waals surface area contributed by atoms with E-state index in [1.165, 1.54) is 4.90 Å². The molecule has 6 heteroatoms. The molecule has 1 aromatic rings. The summed E-state index contributed by atoms with van der Waals surface area (Å²) in [6, 6.07) is 3.45. The first-order chi connectivity index (χ1) is 9.42. The number of carbonyl (C=O) groups excluding carboxylic acids is 1. The van der Waals surface area contributed by atoms with Crippen molar-refractivity contribution in [2.24, 2.45) is 0 Å². The quantitative estimate of drug-likeness (QED) is 0.747. The van der Waals surface area contributed by atoms with E-state index in [1.807, 2.05) is 13.8 Å². The van der Waals surface area contributed by atoms with Gasteiger partial charge < -0.3 is 20.4 Å².